The summed E-state index contributed by atoms with van der Waals surface area (Å²) in [6, 6.07) is 5.27. The maximum atomic E-state index is 3.89. The third kappa shape index (κ3) is 2.37. The van der Waals surface area contributed by atoms with Crippen molar-refractivity contribution in [3.05, 3.63) is 22.4 Å². The Morgan fingerprint density at radius 1 is 1.32 bits per heavy atom. The fourth-order valence-electron chi connectivity index (χ4n) is 4.09. The van der Waals surface area contributed by atoms with Crippen molar-refractivity contribution in [1.82, 2.24) is 10.2 Å². The lowest BCUT2D eigenvalue weighted by atomic mass is 9.90. The molecular weight excluding hydrogens is 252 g/mol. The molecule has 0 bridgehead atoms. The summed E-state index contributed by atoms with van der Waals surface area (Å²) >= 11 is 1.92. The van der Waals surface area contributed by atoms with Crippen LogP contribution in [0, 0.1) is 5.92 Å². The van der Waals surface area contributed by atoms with Crippen molar-refractivity contribution >= 4 is 11.3 Å². The zero-order valence-electron chi connectivity index (χ0n) is 11.6. The third-order valence-corrected chi connectivity index (χ3v) is 6.29. The summed E-state index contributed by atoms with van der Waals surface area (Å²) in [7, 11) is 0. The Morgan fingerprint density at radius 3 is 2.84 bits per heavy atom. The third-order valence-electron chi connectivity index (χ3n) is 5.43. The molecule has 2 heterocycles. The van der Waals surface area contributed by atoms with Gasteiger partial charge in [-0.15, -0.1) is 11.3 Å². The molecule has 3 fully saturated rings. The predicted molar refractivity (Wildman–Crippen MR) is 80.4 cm³/mol. The van der Waals surface area contributed by atoms with E-state index in [2.05, 4.69) is 27.7 Å². The van der Waals surface area contributed by atoms with Gasteiger partial charge in [0.15, 0.2) is 0 Å². The minimum absolute atomic E-state index is 0.482. The van der Waals surface area contributed by atoms with Gasteiger partial charge in [0, 0.05) is 36.1 Å². The second kappa shape index (κ2) is 4.87. The molecule has 0 amide bonds. The second-order valence-electron chi connectivity index (χ2n) is 6.72. The Kier molecular flexibility index (Phi) is 3.17. The highest BCUT2D eigenvalue weighted by Crippen LogP contribution is 2.41. The van der Waals surface area contributed by atoms with Crippen LogP contribution in [0.4, 0.5) is 0 Å². The van der Waals surface area contributed by atoms with E-state index in [1.165, 1.54) is 58.2 Å². The Balaban J connectivity index is 1.53. The summed E-state index contributed by atoms with van der Waals surface area (Å²) in [6.07, 6.45) is 8.58. The van der Waals surface area contributed by atoms with E-state index in [4.69, 9.17) is 0 Å². The van der Waals surface area contributed by atoms with Crippen LogP contribution in [-0.4, -0.2) is 29.6 Å². The van der Waals surface area contributed by atoms with Crippen LogP contribution in [0.2, 0.25) is 0 Å². The zero-order chi connectivity index (χ0) is 12.7. The molecular formula is C16H24N2S. The first-order valence-electron chi connectivity index (χ1n) is 7.87. The highest BCUT2D eigenvalue weighted by molar-refractivity contribution is 7.09. The smallest absolute Gasteiger partial charge is 0.0338 e. The van der Waals surface area contributed by atoms with E-state index in [-0.39, 0.29) is 0 Å². The molecule has 1 aromatic heterocycles. The SMILES string of the molecule is c1csc(CN2CC(C3CC3)NCC23CCCC3)c1. The van der Waals surface area contributed by atoms with Crippen LogP contribution in [0.5, 0.6) is 0 Å². The Labute approximate surface area is 120 Å². The molecule has 104 valence electrons. The van der Waals surface area contributed by atoms with Crippen LogP contribution in [0.25, 0.3) is 0 Å². The fourth-order valence-corrected chi connectivity index (χ4v) is 4.81. The first-order valence-corrected chi connectivity index (χ1v) is 8.75. The first kappa shape index (κ1) is 12.4. The highest BCUT2D eigenvalue weighted by atomic mass is 32.1. The number of piperazine rings is 1. The summed E-state index contributed by atoms with van der Waals surface area (Å²) in [5, 5.41) is 6.10. The van der Waals surface area contributed by atoms with Crippen LogP contribution < -0.4 is 5.32 Å². The van der Waals surface area contributed by atoms with E-state index >= 15 is 0 Å². The number of nitrogens with zero attached hydrogens (tertiary/aromatic N) is 1. The summed E-state index contributed by atoms with van der Waals surface area (Å²) in [5.41, 5.74) is 0.482. The van der Waals surface area contributed by atoms with Gasteiger partial charge in [0.1, 0.15) is 0 Å². The quantitative estimate of drug-likeness (QED) is 0.911. The topological polar surface area (TPSA) is 15.3 Å². The van der Waals surface area contributed by atoms with Gasteiger partial charge in [0.25, 0.3) is 0 Å². The largest absolute Gasteiger partial charge is 0.311 e. The van der Waals surface area contributed by atoms with Crippen molar-refractivity contribution < 1.29 is 0 Å². The number of rotatable bonds is 3. The summed E-state index contributed by atoms with van der Waals surface area (Å²) < 4.78 is 0. The van der Waals surface area contributed by atoms with Gasteiger partial charge < -0.3 is 5.32 Å². The van der Waals surface area contributed by atoms with Crippen LogP contribution >= 0.6 is 11.3 Å². The lowest BCUT2D eigenvalue weighted by molar-refractivity contribution is 0.0320. The van der Waals surface area contributed by atoms with Crippen LogP contribution in [0.15, 0.2) is 17.5 Å². The lowest BCUT2D eigenvalue weighted by Gasteiger charge is -2.48. The van der Waals surface area contributed by atoms with Gasteiger partial charge in [0.2, 0.25) is 0 Å². The maximum absolute atomic E-state index is 3.89. The molecule has 2 nitrogen and oxygen atoms in total. The van der Waals surface area contributed by atoms with Crippen LogP contribution in [-0.2, 0) is 6.54 Å². The molecule has 0 aromatic carbocycles. The average molecular weight is 276 g/mol. The molecule has 4 rings (SSSR count). The van der Waals surface area contributed by atoms with E-state index in [0.29, 0.717) is 5.54 Å². The van der Waals surface area contributed by atoms with Gasteiger partial charge in [0.05, 0.1) is 0 Å². The molecule has 2 aliphatic carbocycles. The molecule has 1 aromatic rings. The monoisotopic (exact) mass is 276 g/mol. The normalized spacial score (nSPS) is 31.1. The minimum atomic E-state index is 0.482. The van der Waals surface area contributed by atoms with Gasteiger partial charge in [-0.05, 0) is 43.0 Å². The molecule has 3 heteroatoms. The van der Waals surface area contributed by atoms with Gasteiger partial charge in [-0.1, -0.05) is 18.9 Å². The van der Waals surface area contributed by atoms with E-state index in [9.17, 15) is 0 Å². The fraction of sp³-hybridized carbons (Fsp3) is 0.750. The first-order chi connectivity index (χ1) is 9.36. The molecule has 1 atom stereocenters. The molecule has 19 heavy (non-hydrogen) atoms. The number of nitrogens with one attached hydrogen (secondary N) is 1. The molecule has 1 spiro atoms. The van der Waals surface area contributed by atoms with Crippen molar-refractivity contribution in [2.75, 3.05) is 13.1 Å². The van der Waals surface area contributed by atoms with Gasteiger partial charge in [-0.3, -0.25) is 4.90 Å². The lowest BCUT2D eigenvalue weighted by Crippen LogP contribution is -2.63. The van der Waals surface area contributed by atoms with Gasteiger partial charge >= 0.3 is 0 Å². The number of thiophene rings is 1. The van der Waals surface area contributed by atoms with Crippen molar-refractivity contribution in [1.29, 1.82) is 0 Å². The highest BCUT2D eigenvalue weighted by Gasteiger charge is 2.46. The van der Waals surface area contributed by atoms with Crippen molar-refractivity contribution in [3.8, 4) is 0 Å². The van der Waals surface area contributed by atoms with E-state index in [1.807, 2.05) is 11.3 Å². The Morgan fingerprint density at radius 2 is 2.16 bits per heavy atom. The van der Waals surface area contributed by atoms with E-state index in [0.717, 1.165) is 12.0 Å². The molecule has 0 radical (unpaired) electrons. The summed E-state index contributed by atoms with van der Waals surface area (Å²) in [5.74, 6) is 0.976. The van der Waals surface area contributed by atoms with Crippen molar-refractivity contribution in [2.24, 2.45) is 5.92 Å². The molecule has 1 aliphatic heterocycles. The summed E-state index contributed by atoms with van der Waals surface area (Å²) in [4.78, 5) is 4.38. The number of hydrogen-bond donors (Lipinski definition) is 1. The van der Waals surface area contributed by atoms with Gasteiger partial charge in [-0.25, -0.2) is 0 Å². The Bertz CT molecular complexity index is 418. The zero-order valence-corrected chi connectivity index (χ0v) is 12.4. The maximum Gasteiger partial charge on any atom is 0.0338 e. The molecule has 1 saturated heterocycles. The predicted octanol–water partition coefficient (Wildman–Crippen LogP) is 3.24. The number of hydrogen-bond acceptors (Lipinski definition) is 3. The Hall–Kier alpha value is -0.380. The average Bonchev–Trinajstić information content (AvgIpc) is 2.95. The molecule has 2 saturated carbocycles. The molecule has 1 unspecified atom stereocenters. The van der Waals surface area contributed by atoms with Gasteiger partial charge in [-0.2, -0.15) is 0 Å². The minimum Gasteiger partial charge on any atom is -0.311 e. The summed E-state index contributed by atoms with van der Waals surface area (Å²) in [6.45, 7) is 3.70. The van der Waals surface area contributed by atoms with Crippen LogP contribution in [0.3, 0.4) is 0 Å². The standard InChI is InChI=1S/C16H24N2S/c1-2-8-16(7-1)12-17-15(13-5-6-13)11-18(16)10-14-4-3-9-19-14/h3-4,9,13,15,17H,1-2,5-8,10-12H2. The molecule has 1 N–H and O–H groups in total. The van der Waals surface area contributed by atoms with E-state index < -0.39 is 0 Å². The van der Waals surface area contributed by atoms with Crippen LogP contribution in [0.1, 0.15) is 43.4 Å². The van der Waals surface area contributed by atoms with Crippen molar-refractivity contribution in [3.63, 3.8) is 0 Å². The second-order valence-corrected chi connectivity index (χ2v) is 7.75. The van der Waals surface area contributed by atoms with Crippen molar-refractivity contribution in [2.45, 2.75) is 56.7 Å². The molecule has 3 aliphatic rings. The van der Waals surface area contributed by atoms with E-state index in [1.54, 1.807) is 4.88 Å².